The molecule has 0 saturated carbocycles. The van der Waals surface area contributed by atoms with Gasteiger partial charge in [-0.1, -0.05) is 0 Å². The fourth-order valence-corrected chi connectivity index (χ4v) is 2.55. The predicted molar refractivity (Wildman–Crippen MR) is 101 cm³/mol. The normalized spacial score (nSPS) is 12.1. The molecule has 2 amide bonds. The second-order valence-electron chi connectivity index (χ2n) is 6.41. The van der Waals surface area contributed by atoms with Crippen LogP contribution in [0.2, 0.25) is 0 Å². The highest BCUT2D eigenvalue weighted by molar-refractivity contribution is 6.07. The van der Waals surface area contributed by atoms with Gasteiger partial charge in [-0.2, -0.15) is 13.2 Å². The summed E-state index contributed by atoms with van der Waals surface area (Å²) in [5.41, 5.74) is 5.49. The van der Waals surface area contributed by atoms with E-state index in [1.165, 1.54) is 13.3 Å². The highest BCUT2D eigenvalue weighted by atomic mass is 19.4. The average Bonchev–Trinajstić information content (AvgIpc) is 2.66. The predicted octanol–water partition coefficient (Wildman–Crippen LogP) is 3.89. The summed E-state index contributed by atoms with van der Waals surface area (Å²) in [6.07, 6.45) is -7.12. The van der Waals surface area contributed by atoms with Crippen LogP contribution in [-0.2, 0) is 0 Å². The van der Waals surface area contributed by atoms with Gasteiger partial charge >= 0.3 is 12.3 Å². The summed E-state index contributed by atoms with van der Waals surface area (Å²) in [5, 5.41) is 2.49. The van der Waals surface area contributed by atoms with E-state index in [1.807, 2.05) is 0 Å². The molecule has 2 rings (SSSR count). The molecule has 0 aliphatic carbocycles. The highest BCUT2D eigenvalue weighted by Gasteiger charge is 2.39. The van der Waals surface area contributed by atoms with Gasteiger partial charge in [-0.15, -0.1) is 0 Å². The van der Waals surface area contributed by atoms with Gasteiger partial charge < -0.3 is 25.3 Å². The van der Waals surface area contributed by atoms with E-state index in [4.69, 9.17) is 15.2 Å². The second kappa shape index (κ2) is 9.06. The molecular formula is C19H19F4N3O5. The number of nitrogens with zero attached hydrogens (tertiary/aromatic N) is 1. The molecule has 1 heterocycles. The number of nitrogens with two attached hydrogens (primary N) is 1. The molecule has 3 N–H and O–H groups in total. The van der Waals surface area contributed by atoms with Crippen molar-refractivity contribution in [1.82, 2.24) is 4.98 Å². The fourth-order valence-electron chi connectivity index (χ4n) is 2.55. The number of benzene rings is 1. The molecule has 0 aliphatic heterocycles. The zero-order chi connectivity index (χ0) is 23.5. The molecule has 8 nitrogen and oxygen atoms in total. The number of ether oxygens (including phenoxy) is 3. The van der Waals surface area contributed by atoms with Crippen LogP contribution in [-0.4, -0.2) is 36.4 Å². The number of aryl methyl sites for hydroxylation is 1. The summed E-state index contributed by atoms with van der Waals surface area (Å²) in [7, 11) is 1.37. The number of nitrogens with one attached hydrogen (secondary N) is 1. The number of hydrogen-bond acceptors (Lipinski definition) is 6. The lowest BCUT2D eigenvalue weighted by Crippen LogP contribution is -2.32. The van der Waals surface area contributed by atoms with Gasteiger partial charge in [0.15, 0.2) is 17.7 Å². The standard InChI is InChI=1S/C19H19F4N3O5/c1-8-7-25-17(29-4)9(2)15(8)26-16(27)11-5-12(20)14(31-18(24)28)6-13(11)30-10(3)19(21,22)23/h5-7,10H,1-4H3,(H2,24,28)(H,25,26,27). The maximum absolute atomic E-state index is 14.3. The van der Waals surface area contributed by atoms with E-state index in [0.717, 1.165) is 0 Å². The van der Waals surface area contributed by atoms with Crippen molar-refractivity contribution in [2.75, 3.05) is 12.4 Å². The quantitative estimate of drug-likeness (QED) is 0.653. The van der Waals surface area contributed by atoms with Crippen molar-refractivity contribution in [3.63, 3.8) is 0 Å². The number of aromatic nitrogens is 1. The SMILES string of the molecule is COc1ncc(C)c(NC(=O)c2cc(F)c(OC(N)=O)cc2OC(C)C(F)(F)F)c1C. The van der Waals surface area contributed by atoms with Crippen molar-refractivity contribution < 1.29 is 41.4 Å². The molecule has 0 aliphatic rings. The van der Waals surface area contributed by atoms with Gasteiger partial charge in [0.1, 0.15) is 5.75 Å². The van der Waals surface area contributed by atoms with Crippen molar-refractivity contribution in [2.45, 2.75) is 33.1 Å². The minimum Gasteiger partial charge on any atom is -0.481 e. The van der Waals surface area contributed by atoms with Crippen LogP contribution < -0.4 is 25.3 Å². The molecule has 0 spiro atoms. The third-order valence-corrected chi connectivity index (χ3v) is 4.15. The van der Waals surface area contributed by atoms with E-state index in [-0.39, 0.29) is 11.6 Å². The zero-order valence-corrected chi connectivity index (χ0v) is 16.9. The minimum atomic E-state index is -4.78. The first-order chi connectivity index (χ1) is 14.3. The topological polar surface area (TPSA) is 113 Å². The monoisotopic (exact) mass is 445 g/mol. The number of primary amides is 1. The Morgan fingerprint density at radius 3 is 2.39 bits per heavy atom. The number of anilines is 1. The van der Waals surface area contributed by atoms with Gasteiger partial charge in [0, 0.05) is 17.8 Å². The van der Waals surface area contributed by atoms with Crippen LogP contribution in [0.4, 0.5) is 28.0 Å². The van der Waals surface area contributed by atoms with Gasteiger partial charge in [-0.25, -0.2) is 14.2 Å². The molecule has 0 bridgehead atoms. The number of methoxy groups -OCH3 is 1. The molecule has 0 radical (unpaired) electrons. The van der Waals surface area contributed by atoms with Gasteiger partial charge in [-0.3, -0.25) is 4.79 Å². The number of rotatable bonds is 6. The Morgan fingerprint density at radius 1 is 1.19 bits per heavy atom. The smallest absolute Gasteiger partial charge is 0.425 e. The second-order valence-corrected chi connectivity index (χ2v) is 6.41. The molecule has 168 valence electrons. The lowest BCUT2D eigenvalue weighted by Gasteiger charge is -2.21. The summed E-state index contributed by atoms with van der Waals surface area (Å²) in [6, 6.07) is 1.22. The van der Waals surface area contributed by atoms with Crippen LogP contribution in [0.25, 0.3) is 0 Å². The molecule has 1 aromatic carbocycles. The largest absolute Gasteiger partial charge is 0.481 e. The third-order valence-electron chi connectivity index (χ3n) is 4.15. The van der Waals surface area contributed by atoms with E-state index >= 15 is 0 Å². The zero-order valence-electron chi connectivity index (χ0n) is 16.9. The minimum absolute atomic E-state index is 0.208. The van der Waals surface area contributed by atoms with E-state index in [1.54, 1.807) is 13.8 Å². The van der Waals surface area contributed by atoms with Crippen LogP contribution in [0, 0.1) is 19.7 Å². The molecule has 1 aromatic heterocycles. The Kier molecular flexibility index (Phi) is 6.93. The first-order valence-electron chi connectivity index (χ1n) is 8.70. The van der Waals surface area contributed by atoms with Gasteiger partial charge in [0.05, 0.1) is 18.4 Å². The summed E-state index contributed by atoms with van der Waals surface area (Å²) < 4.78 is 67.6. The van der Waals surface area contributed by atoms with Crippen molar-refractivity contribution >= 4 is 17.7 Å². The van der Waals surface area contributed by atoms with E-state index in [0.29, 0.717) is 30.2 Å². The van der Waals surface area contributed by atoms with Crippen LogP contribution >= 0.6 is 0 Å². The lowest BCUT2D eigenvalue weighted by atomic mass is 10.1. The molecular weight excluding hydrogens is 426 g/mol. The summed E-state index contributed by atoms with van der Waals surface area (Å²) in [4.78, 5) is 27.8. The fraction of sp³-hybridized carbons (Fsp3) is 0.316. The Labute approximate surface area is 174 Å². The first kappa shape index (κ1) is 23.7. The maximum atomic E-state index is 14.3. The van der Waals surface area contributed by atoms with Crippen molar-refractivity contribution in [2.24, 2.45) is 5.73 Å². The third kappa shape index (κ3) is 5.53. The van der Waals surface area contributed by atoms with Crippen LogP contribution in [0.3, 0.4) is 0 Å². The molecule has 31 heavy (non-hydrogen) atoms. The molecule has 0 fully saturated rings. The van der Waals surface area contributed by atoms with Crippen LogP contribution in [0.15, 0.2) is 18.3 Å². The Balaban J connectivity index is 2.52. The number of carbonyl (C=O) groups excluding carboxylic acids is 2. The highest BCUT2D eigenvalue weighted by Crippen LogP contribution is 2.34. The number of hydrogen-bond donors (Lipinski definition) is 2. The first-order valence-corrected chi connectivity index (χ1v) is 8.70. The van der Waals surface area contributed by atoms with Gasteiger partial charge in [0.25, 0.3) is 5.91 Å². The van der Waals surface area contributed by atoms with Crippen LogP contribution in [0.1, 0.15) is 28.4 Å². The summed E-state index contributed by atoms with van der Waals surface area (Å²) in [5.74, 6) is -3.45. The average molecular weight is 445 g/mol. The number of pyridine rings is 1. The number of halogens is 4. The molecule has 0 saturated heterocycles. The van der Waals surface area contributed by atoms with E-state index in [2.05, 4.69) is 15.0 Å². The van der Waals surface area contributed by atoms with Crippen LogP contribution in [0.5, 0.6) is 17.4 Å². The molecule has 12 heteroatoms. The lowest BCUT2D eigenvalue weighted by molar-refractivity contribution is -0.189. The number of carbonyl (C=O) groups is 2. The maximum Gasteiger partial charge on any atom is 0.425 e. The number of alkyl halides is 3. The van der Waals surface area contributed by atoms with E-state index < -0.39 is 47.2 Å². The van der Waals surface area contributed by atoms with E-state index in [9.17, 15) is 27.2 Å². The van der Waals surface area contributed by atoms with Gasteiger partial charge in [0.2, 0.25) is 5.88 Å². The summed E-state index contributed by atoms with van der Waals surface area (Å²) >= 11 is 0. The Hall–Kier alpha value is -3.57. The van der Waals surface area contributed by atoms with Crippen molar-refractivity contribution in [3.8, 4) is 17.4 Å². The molecule has 1 unspecified atom stereocenters. The van der Waals surface area contributed by atoms with Crippen molar-refractivity contribution in [1.29, 1.82) is 0 Å². The Bertz CT molecular complexity index is 1010. The molecule has 2 aromatic rings. The summed E-state index contributed by atoms with van der Waals surface area (Å²) in [6.45, 7) is 3.92. The van der Waals surface area contributed by atoms with Gasteiger partial charge in [-0.05, 0) is 32.4 Å². The molecule has 1 atom stereocenters. The Morgan fingerprint density at radius 2 is 1.84 bits per heavy atom. The van der Waals surface area contributed by atoms with Crippen molar-refractivity contribution in [3.05, 3.63) is 40.8 Å². The number of amides is 2.